The molecule has 1 aliphatic heterocycles. The predicted molar refractivity (Wildman–Crippen MR) is 54.3 cm³/mol. The van der Waals surface area contributed by atoms with Crippen molar-refractivity contribution in [2.75, 3.05) is 19.6 Å². The first-order valence-corrected chi connectivity index (χ1v) is 5.04. The van der Waals surface area contributed by atoms with Gasteiger partial charge >= 0.3 is 0 Å². The Morgan fingerprint density at radius 2 is 2.31 bits per heavy atom. The van der Waals surface area contributed by atoms with Gasteiger partial charge in [0.25, 0.3) is 0 Å². The summed E-state index contributed by atoms with van der Waals surface area (Å²) in [5.41, 5.74) is 0. The Morgan fingerprint density at radius 3 is 2.92 bits per heavy atom. The average Bonchev–Trinajstić information content (AvgIpc) is 2.12. The van der Waals surface area contributed by atoms with Crippen molar-refractivity contribution in [3.05, 3.63) is 0 Å². The summed E-state index contributed by atoms with van der Waals surface area (Å²) in [6, 6.07) is 0. The van der Waals surface area contributed by atoms with Crippen molar-refractivity contribution in [1.82, 2.24) is 4.90 Å². The molecule has 0 aliphatic carbocycles. The Balaban J connectivity index is 2.24. The highest BCUT2D eigenvalue weighted by atomic mass is 16.3. The van der Waals surface area contributed by atoms with Gasteiger partial charge in [-0.1, -0.05) is 6.92 Å². The molecule has 2 unspecified atom stereocenters. The van der Waals surface area contributed by atoms with E-state index in [0.717, 1.165) is 32.5 Å². The number of aliphatic hydroxyl groups is 1. The third-order valence-corrected chi connectivity index (χ3v) is 2.73. The quantitative estimate of drug-likeness (QED) is 0.645. The van der Waals surface area contributed by atoms with Gasteiger partial charge in [-0.25, -0.2) is 0 Å². The first kappa shape index (κ1) is 10.6. The van der Waals surface area contributed by atoms with E-state index in [1.165, 1.54) is 0 Å². The Morgan fingerprint density at radius 1 is 1.54 bits per heavy atom. The summed E-state index contributed by atoms with van der Waals surface area (Å²) in [5, 5.41) is 9.63. The molecule has 2 heteroatoms. The van der Waals surface area contributed by atoms with Crippen LogP contribution in [-0.2, 0) is 0 Å². The molecule has 1 heterocycles. The minimum Gasteiger partial charge on any atom is -0.392 e. The van der Waals surface area contributed by atoms with E-state index in [9.17, 15) is 5.11 Å². The van der Waals surface area contributed by atoms with Crippen molar-refractivity contribution in [2.45, 2.75) is 32.8 Å². The summed E-state index contributed by atoms with van der Waals surface area (Å²) < 4.78 is 0. The van der Waals surface area contributed by atoms with E-state index in [-0.39, 0.29) is 6.10 Å². The number of piperidine rings is 1. The molecule has 0 aromatic heterocycles. The van der Waals surface area contributed by atoms with Crippen molar-refractivity contribution < 1.29 is 5.11 Å². The number of hydrogen-bond donors (Lipinski definition) is 1. The Kier molecular flexibility index (Phi) is 4.27. The number of β-amino-alcohol motifs (C(OH)–C–C–N with tert-alkyl or cyclic N) is 1. The van der Waals surface area contributed by atoms with Crippen molar-refractivity contribution in [3.8, 4) is 11.8 Å². The van der Waals surface area contributed by atoms with Crippen LogP contribution in [0.5, 0.6) is 0 Å². The van der Waals surface area contributed by atoms with Crippen LogP contribution >= 0.6 is 0 Å². The first-order chi connectivity index (χ1) is 6.24. The number of nitrogens with zero attached hydrogens (tertiary/aromatic N) is 1. The second-order valence-electron chi connectivity index (χ2n) is 3.81. The van der Waals surface area contributed by atoms with Gasteiger partial charge in [-0.3, -0.25) is 4.90 Å². The van der Waals surface area contributed by atoms with Gasteiger partial charge in [-0.2, -0.15) is 0 Å². The van der Waals surface area contributed by atoms with Crippen LogP contribution in [0.2, 0.25) is 0 Å². The van der Waals surface area contributed by atoms with Crippen LogP contribution in [0.4, 0.5) is 0 Å². The lowest BCUT2D eigenvalue weighted by atomic mass is 9.96. The highest BCUT2D eigenvalue weighted by Gasteiger charge is 2.23. The predicted octanol–water partition coefficient (Wildman–Crippen LogP) is 1.10. The normalized spacial score (nSPS) is 29.5. The molecular weight excluding hydrogens is 162 g/mol. The summed E-state index contributed by atoms with van der Waals surface area (Å²) in [6.45, 7) is 6.93. The van der Waals surface area contributed by atoms with Crippen LogP contribution in [-0.4, -0.2) is 35.7 Å². The minimum absolute atomic E-state index is 0.136. The van der Waals surface area contributed by atoms with Crippen LogP contribution in [0.3, 0.4) is 0 Å². The first-order valence-electron chi connectivity index (χ1n) is 5.04. The maximum Gasteiger partial charge on any atom is 0.0693 e. The smallest absolute Gasteiger partial charge is 0.0693 e. The molecule has 0 aromatic rings. The van der Waals surface area contributed by atoms with E-state index < -0.39 is 0 Å². The molecule has 1 N–H and O–H groups in total. The molecule has 0 bridgehead atoms. The largest absolute Gasteiger partial charge is 0.392 e. The number of rotatable bonds is 2. The zero-order valence-electron chi connectivity index (χ0n) is 8.58. The lowest BCUT2D eigenvalue weighted by Gasteiger charge is -2.33. The fourth-order valence-electron chi connectivity index (χ4n) is 1.66. The minimum atomic E-state index is -0.136. The van der Waals surface area contributed by atoms with E-state index in [2.05, 4.69) is 23.7 Å². The molecule has 13 heavy (non-hydrogen) atoms. The van der Waals surface area contributed by atoms with Gasteiger partial charge in [0.2, 0.25) is 0 Å². The number of likely N-dealkylation sites (tertiary alicyclic amines) is 1. The molecule has 1 fully saturated rings. The van der Waals surface area contributed by atoms with E-state index in [1.54, 1.807) is 0 Å². The molecule has 0 aromatic carbocycles. The van der Waals surface area contributed by atoms with Gasteiger partial charge in [-0.05, 0) is 25.8 Å². The van der Waals surface area contributed by atoms with Crippen molar-refractivity contribution in [2.24, 2.45) is 5.92 Å². The molecule has 0 saturated carbocycles. The van der Waals surface area contributed by atoms with E-state index in [0.29, 0.717) is 5.92 Å². The summed E-state index contributed by atoms with van der Waals surface area (Å²) in [7, 11) is 0. The summed E-state index contributed by atoms with van der Waals surface area (Å²) >= 11 is 0. The van der Waals surface area contributed by atoms with Crippen LogP contribution in [0.25, 0.3) is 0 Å². The monoisotopic (exact) mass is 181 g/mol. The highest BCUT2D eigenvalue weighted by Crippen LogP contribution is 2.16. The molecular formula is C11H19NO. The van der Waals surface area contributed by atoms with Gasteiger partial charge in [0.05, 0.1) is 6.10 Å². The van der Waals surface area contributed by atoms with Gasteiger partial charge in [-0.15, -0.1) is 11.8 Å². The maximum absolute atomic E-state index is 9.63. The topological polar surface area (TPSA) is 23.5 Å². The zero-order chi connectivity index (χ0) is 9.68. The molecule has 0 radical (unpaired) electrons. The lowest BCUT2D eigenvalue weighted by molar-refractivity contribution is 0.0303. The van der Waals surface area contributed by atoms with Crippen molar-refractivity contribution in [3.63, 3.8) is 0 Å². The van der Waals surface area contributed by atoms with Crippen molar-refractivity contribution >= 4 is 0 Å². The zero-order valence-corrected chi connectivity index (χ0v) is 8.58. The number of aliphatic hydroxyl groups excluding tert-OH is 1. The second-order valence-corrected chi connectivity index (χ2v) is 3.81. The van der Waals surface area contributed by atoms with Crippen LogP contribution in [0, 0.1) is 17.8 Å². The molecule has 0 amide bonds. The van der Waals surface area contributed by atoms with Gasteiger partial charge in [0.1, 0.15) is 0 Å². The SMILES string of the molecule is CC#CCCN1CCC(C)C(O)C1. The standard InChI is InChI=1S/C11H19NO/c1-3-4-5-7-12-8-6-10(2)11(13)9-12/h10-11,13H,5-9H2,1-2H3. The molecule has 1 saturated heterocycles. The molecule has 2 atom stereocenters. The third-order valence-electron chi connectivity index (χ3n) is 2.73. The Hall–Kier alpha value is -0.520. The van der Waals surface area contributed by atoms with Gasteiger partial charge in [0, 0.05) is 19.5 Å². The molecule has 74 valence electrons. The molecule has 1 rings (SSSR count). The van der Waals surface area contributed by atoms with E-state index >= 15 is 0 Å². The summed E-state index contributed by atoms with van der Waals surface area (Å²) in [4.78, 5) is 2.30. The molecule has 0 spiro atoms. The fourth-order valence-corrected chi connectivity index (χ4v) is 1.66. The van der Waals surface area contributed by atoms with Crippen LogP contribution in [0.1, 0.15) is 26.7 Å². The Bertz CT molecular complexity index is 204. The molecule has 2 nitrogen and oxygen atoms in total. The van der Waals surface area contributed by atoms with Crippen molar-refractivity contribution in [1.29, 1.82) is 0 Å². The molecule has 1 aliphatic rings. The average molecular weight is 181 g/mol. The third kappa shape index (κ3) is 3.38. The maximum atomic E-state index is 9.63. The van der Waals surface area contributed by atoms with Crippen LogP contribution < -0.4 is 0 Å². The van der Waals surface area contributed by atoms with E-state index in [4.69, 9.17) is 0 Å². The van der Waals surface area contributed by atoms with E-state index in [1.807, 2.05) is 6.92 Å². The van der Waals surface area contributed by atoms with Gasteiger partial charge < -0.3 is 5.11 Å². The lowest BCUT2D eigenvalue weighted by Crippen LogP contribution is -2.43. The highest BCUT2D eigenvalue weighted by molar-refractivity contribution is 4.95. The Labute approximate surface area is 80.9 Å². The summed E-state index contributed by atoms with van der Waals surface area (Å²) in [6.07, 6.45) is 1.90. The fraction of sp³-hybridized carbons (Fsp3) is 0.818. The summed E-state index contributed by atoms with van der Waals surface area (Å²) in [5.74, 6) is 6.40. The van der Waals surface area contributed by atoms with Gasteiger partial charge in [0.15, 0.2) is 0 Å². The van der Waals surface area contributed by atoms with Crippen LogP contribution in [0.15, 0.2) is 0 Å². The number of hydrogen-bond acceptors (Lipinski definition) is 2. The second kappa shape index (κ2) is 5.26.